The lowest BCUT2D eigenvalue weighted by Crippen LogP contribution is -2.46. The summed E-state index contributed by atoms with van der Waals surface area (Å²) in [6.45, 7) is 11.5. The molecule has 3 heteroatoms. The van der Waals surface area contributed by atoms with Crippen molar-refractivity contribution in [3.63, 3.8) is 0 Å². The number of benzene rings is 1. The van der Waals surface area contributed by atoms with E-state index in [2.05, 4.69) is 36.6 Å². The van der Waals surface area contributed by atoms with Crippen molar-refractivity contribution in [3.8, 4) is 0 Å². The van der Waals surface area contributed by atoms with Crippen LogP contribution in [0.2, 0.25) is 0 Å². The molecule has 0 aliphatic carbocycles. The average Bonchev–Trinajstić information content (AvgIpc) is 2.38. The highest BCUT2D eigenvalue weighted by Gasteiger charge is 2.18. The van der Waals surface area contributed by atoms with Gasteiger partial charge in [0, 0.05) is 26.2 Å². The summed E-state index contributed by atoms with van der Waals surface area (Å²) >= 11 is 0. The van der Waals surface area contributed by atoms with Crippen molar-refractivity contribution in [2.45, 2.75) is 27.2 Å². The minimum Gasteiger partial charge on any atom is -0.367 e. The standard InChI is InChI=1S/C16H25FN2/c1-4-18-7-9-19(10-8-18)16-6-5-14(11-13(2)3)12-15(16)17/h5-6,12-13H,4,7-11H2,1-3H3. The molecule has 0 atom stereocenters. The molecule has 0 unspecified atom stereocenters. The van der Waals surface area contributed by atoms with Crippen LogP contribution in [0.1, 0.15) is 26.3 Å². The fourth-order valence-electron chi connectivity index (χ4n) is 2.71. The molecule has 1 heterocycles. The molecule has 1 saturated heterocycles. The number of hydrogen-bond donors (Lipinski definition) is 0. The van der Waals surface area contributed by atoms with E-state index in [4.69, 9.17) is 0 Å². The molecular formula is C16H25FN2. The lowest BCUT2D eigenvalue weighted by atomic mass is 10.0. The average molecular weight is 264 g/mol. The number of rotatable bonds is 4. The van der Waals surface area contributed by atoms with E-state index < -0.39 is 0 Å². The maximum absolute atomic E-state index is 14.2. The van der Waals surface area contributed by atoms with E-state index in [-0.39, 0.29) is 5.82 Å². The molecule has 0 amide bonds. The van der Waals surface area contributed by atoms with Crippen LogP contribution in [0.25, 0.3) is 0 Å². The summed E-state index contributed by atoms with van der Waals surface area (Å²) in [4.78, 5) is 4.57. The van der Waals surface area contributed by atoms with Gasteiger partial charge in [-0.15, -0.1) is 0 Å². The molecule has 1 fully saturated rings. The second kappa shape index (κ2) is 6.38. The van der Waals surface area contributed by atoms with Crippen LogP contribution in [0.4, 0.5) is 10.1 Å². The fourth-order valence-corrected chi connectivity index (χ4v) is 2.71. The lowest BCUT2D eigenvalue weighted by Gasteiger charge is -2.35. The van der Waals surface area contributed by atoms with Gasteiger partial charge in [0.2, 0.25) is 0 Å². The minimum absolute atomic E-state index is 0.0666. The second-order valence-corrected chi connectivity index (χ2v) is 5.81. The predicted octanol–water partition coefficient (Wildman–Crippen LogP) is 3.17. The monoisotopic (exact) mass is 264 g/mol. The van der Waals surface area contributed by atoms with Gasteiger partial charge in [-0.3, -0.25) is 0 Å². The Hall–Kier alpha value is -1.09. The van der Waals surface area contributed by atoms with E-state index in [1.54, 1.807) is 6.07 Å². The highest BCUT2D eigenvalue weighted by molar-refractivity contribution is 5.49. The SMILES string of the molecule is CCN1CCN(c2ccc(CC(C)C)cc2F)CC1. The van der Waals surface area contributed by atoms with Crippen molar-refractivity contribution < 1.29 is 4.39 Å². The third-order valence-electron chi connectivity index (χ3n) is 3.82. The normalized spacial score (nSPS) is 17.2. The van der Waals surface area contributed by atoms with E-state index in [9.17, 15) is 4.39 Å². The van der Waals surface area contributed by atoms with Crippen LogP contribution in [0.5, 0.6) is 0 Å². The summed E-state index contributed by atoms with van der Waals surface area (Å²) in [5.41, 5.74) is 1.87. The van der Waals surface area contributed by atoms with Gasteiger partial charge in [0.05, 0.1) is 5.69 Å². The van der Waals surface area contributed by atoms with Crippen molar-refractivity contribution >= 4 is 5.69 Å². The smallest absolute Gasteiger partial charge is 0.146 e. The largest absolute Gasteiger partial charge is 0.367 e. The van der Waals surface area contributed by atoms with Crippen LogP contribution >= 0.6 is 0 Å². The summed E-state index contributed by atoms with van der Waals surface area (Å²) in [5, 5.41) is 0. The molecule has 0 saturated carbocycles. The first-order valence-electron chi connectivity index (χ1n) is 7.36. The molecule has 0 N–H and O–H groups in total. The van der Waals surface area contributed by atoms with Crippen LogP contribution in [0.3, 0.4) is 0 Å². The molecule has 2 rings (SSSR count). The molecule has 19 heavy (non-hydrogen) atoms. The van der Waals surface area contributed by atoms with E-state index in [1.807, 2.05) is 6.07 Å². The molecule has 0 spiro atoms. The number of likely N-dealkylation sites (N-methyl/N-ethyl adjacent to an activating group) is 1. The summed E-state index contributed by atoms with van der Waals surface area (Å²) in [6, 6.07) is 5.74. The second-order valence-electron chi connectivity index (χ2n) is 5.81. The summed E-state index contributed by atoms with van der Waals surface area (Å²) in [5.74, 6) is 0.501. The molecule has 1 aliphatic heterocycles. The Labute approximate surface area is 116 Å². The van der Waals surface area contributed by atoms with Gasteiger partial charge in [0.1, 0.15) is 5.82 Å². The molecule has 2 nitrogen and oxygen atoms in total. The van der Waals surface area contributed by atoms with Crippen LogP contribution in [0, 0.1) is 11.7 Å². The predicted molar refractivity (Wildman–Crippen MR) is 79.3 cm³/mol. The number of piperazine rings is 1. The highest BCUT2D eigenvalue weighted by atomic mass is 19.1. The van der Waals surface area contributed by atoms with Gasteiger partial charge in [-0.1, -0.05) is 26.8 Å². The van der Waals surface area contributed by atoms with Crippen molar-refractivity contribution in [2.24, 2.45) is 5.92 Å². The third-order valence-corrected chi connectivity index (χ3v) is 3.82. The van der Waals surface area contributed by atoms with Crippen molar-refractivity contribution in [3.05, 3.63) is 29.6 Å². The Bertz CT molecular complexity index is 409. The summed E-state index contributed by atoms with van der Waals surface area (Å²) < 4.78 is 14.2. The summed E-state index contributed by atoms with van der Waals surface area (Å²) in [6.07, 6.45) is 0.945. The Morgan fingerprint density at radius 3 is 2.37 bits per heavy atom. The van der Waals surface area contributed by atoms with E-state index in [0.717, 1.165) is 50.4 Å². The van der Waals surface area contributed by atoms with Crippen molar-refractivity contribution in [1.82, 2.24) is 4.90 Å². The van der Waals surface area contributed by atoms with E-state index >= 15 is 0 Å². The Morgan fingerprint density at radius 1 is 1.16 bits per heavy atom. The Balaban J connectivity index is 2.05. The maximum atomic E-state index is 14.2. The highest BCUT2D eigenvalue weighted by Crippen LogP contribution is 2.23. The van der Waals surface area contributed by atoms with Crippen LogP contribution < -0.4 is 4.90 Å². The van der Waals surface area contributed by atoms with Crippen LogP contribution in [-0.2, 0) is 6.42 Å². The first kappa shape index (κ1) is 14.3. The molecule has 106 valence electrons. The van der Waals surface area contributed by atoms with Crippen molar-refractivity contribution in [2.75, 3.05) is 37.6 Å². The van der Waals surface area contributed by atoms with Crippen molar-refractivity contribution in [1.29, 1.82) is 0 Å². The molecule has 1 aromatic rings. The fraction of sp³-hybridized carbons (Fsp3) is 0.625. The zero-order valence-corrected chi connectivity index (χ0v) is 12.3. The Morgan fingerprint density at radius 2 is 1.84 bits per heavy atom. The molecule has 0 aromatic heterocycles. The van der Waals surface area contributed by atoms with Gasteiger partial charge >= 0.3 is 0 Å². The third kappa shape index (κ3) is 3.69. The Kier molecular flexibility index (Phi) is 4.81. The molecular weight excluding hydrogens is 239 g/mol. The van der Waals surface area contributed by atoms with Crippen LogP contribution in [-0.4, -0.2) is 37.6 Å². The first-order chi connectivity index (χ1) is 9.10. The maximum Gasteiger partial charge on any atom is 0.146 e. The molecule has 0 bridgehead atoms. The summed E-state index contributed by atoms with van der Waals surface area (Å²) in [7, 11) is 0. The zero-order valence-electron chi connectivity index (χ0n) is 12.3. The van der Waals surface area contributed by atoms with E-state index in [0.29, 0.717) is 5.92 Å². The van der Waals surface area contributed by atoms with Gasteiger partial charge in [-0.05, 0) is 36.6 Å². The van der Waals surface area contributed by atoms with Gasteiger partial charge in [-0.25, -0.2) is 4.39 Å². The number of nitrogens with zero attached hydrogens (tertiary/aromatic N) is 2. The van der Waals surface area contributed by atoms with Gasteiger partial charge in [0.25, 0.3) is 0 Å². The van der Waals surface area contributed by atoms with Crippen LogP contribution in [0.15, 0.2) is 18.2 Å². The quantitative estimate of drug-likeness (QED) is 0.824. The van der Waals surface area contributed by atoms with Gasteiger partial charge in [-0.2, -0.15) is 0 Å². The number of hydrogen-bond acceptors (Lipinski definition) is 2. The number of anilines is 1. The van der Waals surface area contributed by atoms with E-state index in [1.165, 1.54) is 0 Å². The topological polar surface area (TPSA) is 6.48 Å². The van der Waals surface area contributed by atoms with Gasteiger partial charge in [0.15, 0.2) is 0 Å². The molecule has 1 aromatic carbocycles. The lowest BCUT2D eigenvalue weighted by molar-refractivity contribution is 0.270. The zero-order chi connectivity index (χ0) is 13.8. The molecule has 0 radical (unpaired) electrons. The minimum atomic E-state index is -0.0666. The van der Waals surface area contributed by atoms with Gasteiger partial charge < -0.3 is 9.80 Å². The molecule has 1 aliphatic rings. The first-order valence-corrected chi connectivity index (χ1v) is 7.36. The number of halogens is 1.